The Kier molecular flexibility index (Phi) is 33.3. The molecule has 608 valence electrons. The molecular weight excluding hydrogens is 1530 g/mol. The smallest absolute Gasteiger partial charge is 0.303 e. The fourth-order valence-corrected chi connectivity index (χ4v) is 15.9. The number of nitroso groups, excluding NO2 is 3. The number of rotatable bonds is 35. The Morgan fingerprint density at radius 3 is 1.05 bits per heavy atom. The molecule has 6 aromatic rings. The number of benzene rings is 6. The second-order valence-electron chi connectivity index (χ2n) is 28.3. The van der Waals surface area contributed by atoms with E-state index in [1.54, 1.807) is 96.3 Å². The van der Waals surface area contributed by atoms with E-state index in [0.29, 0.717) is 67.6 Å². The Balaban J connectivity index is 0.000000237. The number of esters is 2. The van der Waals surface area contributed by atoms with Crippen LogP contribution in [-0.4, -0.2) is 222 Å². The van der Waals surface area contributed by atoms with Crippen molar-refractivity contribution in [3.05, 3.63) is 177 Å². The molecule has 32 heteroatoms. The summed E-state index contributed by atoms with van der Waals surface area (Å²) < 4.78 is 33.5. The summed E-state index contributed by atoms with van der Waals surface area (Å²) in [5.74, 6) is -5.25. The number of hydrogen-bond donors (Lipinski definition) is 0. The van der Waals surface area contributed by atoms with E-state index in [1.165, 1.54) is 76.8 Å². The molecule has 0 fully saturated rings. The fraction of sp³-hybridized carbons (Fsp3) is 0.427. The largest absolute Gasteiger partial charge is 0.497 e. The molecule has 0 saturated heterocycles. The molecule has 3 aliphatic heterocycles. The van der Waals surface area contributed by atoms with Gasteiger partial charge in [0.15, 0.2) is 47.8 Å². The summed E-state index contributed by atoms with van der Waals surface area (Å²) in [6, 6.07) is 43.4. The molecular formula is C82H97N9O20S3. The van der Waals surface area contributed by atoms with Crippen molar-refractivity contribution in [1.82, 2.24) is 14.7 Å². The lowest BCUT2D eigenvalue weighted by Gasteiger charge is -2.29. The van der Waals surface area contributed by atoms with E-state index in [1.807, 2.05) is 142 Å². The lowest BCUT2D eigenvalue weighted by Crippen LogP contribution is -2.48. The predicted octanol–water partition coefficient (Wildman–Crippen LogP) is 11.1. The Hall–Kier alpha value is -10.2. The van der Waals surface area contributed by atoms with Gasteiger partial charge in [0.1, 0.15) is 30.5 Å². The van der Waals surface area contributed by atoms with Gasteiger partial charge in [0.25, 0.3) is 17.7 Å². The number of nitrogens with zero attached hydrogens (tertiary/aromatic N) is 9. The zero-order valence-corrected chi connectivity index (χ0v) is 69.0. The molecule has 0 spiro atoms. The van der Waals surface area contributed by atoms with Gasteiger partial charge in [-0.3, -0.25) is 52.7 Å². The zero-order valence-electron chi connectivity index (χ0n) is 66.5. The maximum atomic E-state index is 14.0. The molecule has 0 bridgehead atoms. The first-order valence-corrected chi connectivity index (χ1v) is 39.2. The number of carbonyl (C=O) groups excluding carboxylic acids is 11. The third-order valence-corrected chi connectivity index (χ3v) is 22.8. The van der Waals surface area contributed by atoms with Crippen LogP contribution in [0.5, 0.6) is 17.2 Å². The number of hydrogen-bond acceptors (Lipinski definition) is 29. The van der Waals surface area contributed by atoms with Gasteiger partial charge < -0.3 is 57.8 Å². The lowest BCUT2D eigenvalue weighted by atomic mass is 9.91. The van der Waals surface area contributed by atoms with E-state index in [-0.39, 0.29) is 30.6 Å². The number of likely N-dealkylation sites (N-methyl/N-ethyl adjacent to an activating group) is 3. The van der Waals surface area contributed by atoms with E-state index in [9.17, 15) is 67.5 Å². The first-order chi connectivity index (χ1) is 54.1. The van der Waals surface area contributed by atoms with Crippen LogP contribution in [0, 0.1) is 14.7 Å². The van der Waals surface area contributed by atoms with E-state index in [4.69, 9.17) is 28.4 Å². The normalized spacial score (nSPS) is 18.3. The summed E-state index contributed by atoms with van der Waals surface area (Å²) in [6.45, 7) is 12.0. The number of Topliss-reactive ketones (excluding diaryl/α,β-unsaturated/α-hetero) is 6. The molecule has 5 unspecified atom stereocenters. The lowest BCUT2D eigenvalue weighted by molar-refractivity contribution is -0.153. The van der Waals surface area contributed by atoms with Crippen LogP contribution in [0.2, 0.25) is 0 Å². The quantitative estimate of drug-likeness (QED) is 0.0154. The van der Waals surface area contributed by atoms with Crippen molar-refractivity contribution >= 4 is 117 Å². The fourth-order valence-electron chi connectivity index (χ4n) is 11.9. The Morgan fingerprint density at radius 1 is 0.421 bits per heavy atom. The van der Waals surface area contributed by atoms with Crippen LogP contribution >= 0.6 is 35.3 Å². The third kappa shape index (κ3) is 23.0. The van der Waals surface area contributed by atoms with Crippen LogP contribution < -0.4 is 28.9 Å². The van der Waals surface area contributed by atoms with E-state index in [0.717, 1.165) is 37.3 Å². The van der Waals surface area contributed by atoms with Crippen molar-refractivity contribution in [3.63, 3.8) is 0 Å². The highest BCUT2D eigenvalue weighted by atomic mass is 32.2. The average molecular weight is 1620 g/mol. The number of ketones is 6. The highest BCUT2D eigenvalue weighted by Crippen LogP contribution is 2.50. The summed E-state index contributed by atoms with van der Waals surface area (Å²) in [5, 5.41) is 6.69. The van der Waals surface area contributed by atoms with Crippen LogP contribution in [0.3, 0.4) is 0 Å². The third-order valence-electron chi connectivity index (χ3n) is 18.7. The monoisotopic (exact) mass is 1620 g/mol. The second-order valence-corrected chi connectivity index (χ2v) is 31.9. The molecule has 0 N–H and O–H groups in total. The second kappa shape index (κ2) is 41.7. The van der Waals surface area contributed by atoms with E-state index >= 15 is 0 Å². The Bertz CT molecular complexity index is 4470. The van der Waals surface area contributed by atoms with Gasteiger partial charge in [-0.2, -0.15) is 0 Å². The molecule has 114 heavy (non-hydrogen) atoms. The van der Waals surface area contributed by atoms with Crippen LogP contribution in [0.4, 0.5) is 17.1 Å². The first kappa shape index (κ1) is 91.0. The Labute approximate surface area is 675 Å². The van der Waals surface area contributed by atoms with Crippen LogP contribution in [-0.2, 0) is 67.0 Å². The number of ether oxygens (including phenoxy) is 6. The molecule has 3 amide bonds. The van der Waals surface area contributed by atoms with Crippen molar-refractivity contribution in [3.8, 4) is 17.2 Å². The number of amides is 3. The standard InChI is InChI=1S/C28H33N3O7S.C27H31N3O7S.C27H33N3O6S/c1-6-23(33)28(3,29-36)24(34)17-37-20-13-11-19(12-14-20)26-25(38-18(2)32)27(35)31(16-15-30(4)5)21-9-7-8-10-22(21)39-26;1-17(31)37-23-24(38-22-9-7-6-8-20(22)30(26(23)34)15-14-29(4)5)18-10-12-19(13-11-18)36-16-21(32)25(33)27(2,3)28-35;1-6-22(31)27(2,28-34)23(32)17-36-24-25(18-11-13-19(35-5)14-12-18)37-21-10-8-7-9-20(21)30(26(24)33)16-15-29(3)4/h7-14,25-26H,6,15-17H2,1-5H3;6-13,23-24H,14-16H2,1-5H3;7-14,24-25H,6,15-17H2,1-5H3/t25?,26-,28?;23?,24-;24?,25-,27?/m000/s1. The van der Waals surface area contributed by atoms with Gasteiger partial charge in [-0.05, 0) is 170 Å². The molecule has 0 saturated carbocycles. The number of carbonyl (C=O) groups is 11. The number of fused-ring (bicyclic) bond motifs is 3. The van der Waals surface area contributed by atoms with Crippen molar-refractivity contribution in [1.29, 1.82) is 0 Å². The average Bonchev–Trinajstić information content (AvgIpc) is 1.67. The number of anilines is 3. The first-order valence-electron chi connectivity index (χ1n) is 36.6. The summed E-state index contributed by atoms with van der Waals surface area (Å²) in [4.78, 5) is 187. The number of methoxy groups -OCH3 is 1. The molecule has 0 aliphatic carbocycles. The highest BCUT2D eigenvalue weighted by molar-refractivity contribution is 8.00. The van der Waals surface area contributed by atoms with Gasteiger partial charge in [-0.1, -0.05) is 91.8 Å². The zero-order chi connectivity index (χ0) is 83.9. The Morgan fingerprint density at radius 2 is 0.737 bits per heavy atom. The predicted molar refractivity (Wildman–Crippen MR) is 434 cm³/mol. The molecule has 0 radical (unpaired) electrons. The SMILES string of the molecule is CC(=O)OC1C(=O)N(CCN(C)C)c2ccccc2S[C@H]1c1ccc(OCC(=O)C(=O)C(C)(C)N=O)cc1.CCC(=O)C(C)(N=O)C(=O)COC1C(=O)N(CCN(C)C)c2ccccc2S[C@H]1c1ccc(OC)cc1.CCC(=O)C(C)(N=O)C(=O)COc1ccc([C@@H]2Sc3ccccc3N(CCN(C)C)C(=O)C2OC(C)=O)cc1. The van der Waals surface area contributed by atoms with Crippen molar-refractivity contribution in [2.75, 3.05) is 123 Å². The summed E-state index contributed by atoms with van der Waals surface area (Å²) in [5.41, 5.74) is -1.22. The minimum absolute atomic E-state index is 0.000342. The molecule has 6 aromatic carbocycles. The molecule has 8 atom stereocenters. The van der Waals surface area contributed by atoms with E-state index in [2.05, 4.69) is 15.5 Å². The topological polar surface area (TPSA) is 351 Å². The maximum absolute atomic E-state index is 14.0. The maximum Gasteiger partial charge on any atom is 0.303 e. The van der Waals surface area contributed by atoms with Gasteiger partial charge in [0.05, 0.1) is 39.9 Å². The minimum Gasteiger partial charge on any atom is -0.497 e. The van der Waals surface area contributed by atoms with E-state index < -0.39 is 117 Å². The van der Waals surface area contributed by atoms with Gasteiger partial charge in [0.2, 0.25) is 28.4 Å². The van der Waals surface area contributed by atoms with Gasteiger partial charge >= 0.3 is 11.9 Å². The van der Waals surface area contributed by atoms with Gasteiger partial charge in [-0.15, -0.1) is 50.0 Å². The van der Waals surface area contributed by atoms with Crippen molar-refractivity contribution in [2.45, 2.75) is 134 Å². The van der Waals surface area contributed by atoms with Crippen LogP contribution in [0.15, 0.2) is 176 Å². The van der Waals surface area contributed by atoms with Gasteiger partial charge in [0, 0.05) is 80.6 Å². The molecule has 3 heterocycles. The summed E-state index contributed by atoms with van der Waals surface area (Å²) in [7, 11) is 13.1. The number of thioether (sulfide) groups is 3. The van der Waals surface area contributed by atoms with Gasteiger partial charge in [-0.25, -0.2) is 0 Å². The number of para-hydroxylation sites is 3. The summed E-state index contributed by atoms with van der Waals surface area (Å²) in [6.07, 6.45) is -3.23. The minimum atomic E-state index is -2.06. The van der Waals surface area contributed by atoms with Crippen molar-refractivity contribution in [2.24, 2.45) is 15.5 Å². The highest BCUT2D eigenvalue weighted by Gasteiger charge is 2.47. The molecule has 29 nitrogen and oxygen atoms in total. The molecule has 3 aliphatic rings. The van der Waals surface area contributed by atoms with Crippen LogP contribution in [0.1, 0.15) is 101 Å². The molecule has 0 aromatic heterocycles. The van der Waals surface area contributed by atoms with Crippen LogP contribution in [0.25, 0.3) is 0 Å². The molecule has 9 rings (SSSR count). The summed E-state index contributed by atoms with van der Waals surface area (Å²) >= 11 is 4.31. The van der Waals surface area contributed by atoms with Crippen molar-refractivity contribution < 1.29 is 81.2 Å².